The van der Waals surface area contributed by atoms with E-state index in [1.54, 1.807) is 4.68 Å². The van der Waals surface area contributed by atoms with E-state index >= 15 is 0 Å². The van der Waals surface area contributed by atoms with E-state index in [0.717, 1.165) is 25.2 Å². The Balaban J connectivity index is 1.75. The van der Waals surface area contributed by atoms with Crippen LogP contribution in [0.5, 0.6) is 0 Å². The molecular formula is C19H31N5O2. The summed E-state index contributed by atoms with van der Waals surface area (Å²) in [5.74, 6) is 0.436. The summed E-state index contributed by atoms with van der Waals surface area (Å²) in [5, 5.41) is 7.61. The lowest BCUT2D eigenvalue weighted by molar-refractivity contribution is -0.134. The van der Waals surface area contributed by atoms with Gasteiger partial charge in [0.2, 0.25) is 5.91 Å². The molecule has 2 fully saturated rings. The van der Waals surface area contributed by atoms with Crippen molar-refractivity contribution >= 4 is 11.8 Å². The molecule has 0 aromatic carbocycles. The zero-order chi connectivity index (χ0) is 18.9. The third-order valence-corrected chi connectivity index (χ3v) is 5.90. The van der Waals surface area contributed by atoms with Crippen LogP contribution in [0.2, 0.25) is 0 Å². The van der Waals surface area contributed by atoms with Crippen molar-refractivity contribution in [3.05, 3.63) is 17.5 Å². The van der Waals surface area contributed by atoms with Crippen molar-refractivity contribution in [2.75, 3.05) is 33.2 Å². The molecule has 26 heavy (non-hydrogen) atoms. The zero-order valence-corrected chi connectivity index (χ0v) is 16.4. The molecule has 0 radical (unpaired) electrons. The Labute approximate surface area is 155 Å². The van der Waals surface area contributed by atoms with Crippen LogP contribution in [-0.4, -0.2) is 70.2 Å². The van der Waals surface area contributed by atoms with Gasteiger partial charge < -0.3 is 10.2 Å². The van der Waals surface area contributed by atoms with E-state index in [4.69, 9.17) is 0 Å². The third-order valence-electron chi connectivity index (χ3n) is 5.90. The molecule has 0 unspecified atom stereocenters. The second-order valence-corrected chi connectivity index (χ2v) is 7.78. The first-order valence-corrected chi connectivity index (χ1v) is 9.75. The van der Waals surface area contributed by atoms with Gasteiger partial charge in [-0.3, -0.25) is 19.2 Å². The number of aromatic nitrogens is 2. The first-order valence-electron chi connectivity index (χ1n) is 9.75. The van der Waals surface area contributed by atoms with Crippen LogP contribution in [0.15, 0.2) is 6.07 Å². The maximum absolute atomic E-state index is 13.1. The van der Waals surface area contributed by atoms with Gasteiger partial charge in [-0.15, -0.1) is 0 Å². The smallest absolute Gasteiger partial charge is 0.272 e. The molecule has 2 saturated heterocycles. The van der Waals surface area contributed by atoms with Gasteiger partial charge in [-0.1, -0.05) is 13.8 Å². The summed E-state index contributed by atoms with van der Waals surface area (Å²) in [4.78, 5) is 29.8. The molecule has 1 aromatic heterocycles. The van der Waals surface area contributed by atoms with Crippen molar-refractivity contribution in [1.29, 1.82) is 0 Å². The quantitative estimate of drug-likeness (QED) is 0.885. The van der Waals surface area contributed by atoms with E-state index in [0.29, 0.717) is 44.1 Å². The molecule has 1 spiro atoms. The summed E-state index contributed by atoms with van der Waals surface area (Å²) in [6.45, 7) is 9.70. The summed E-state index contributed by atoms with van der Waals surface area (Å²) >= 11 is 0. The van der Waals surface area contributed by atoms with Crippen LogP contribution in [0.3, 0.4) is 0 Å². The Morgan fingerprint density at radius 2 is 2.00 bits per heavy atom. The predicted molar refractivity (Wildman–Crippen MR) is 100 cm³/mol. The number of hydrogen-bond donors (Lipinski definition) is 1. The highest BCUT2D eigenvalue weighted by molar-refractivity contribution is 5.93. The fourth-order valence-electron chi connectivity index (χ4n) is 4.05. The van der Waals surface area contributed by atoms with Crippen molar-refractivity contribution in [2.24, 2.45) is 0 Å². The molecule has 0 bridgehead atoms. The highest BCUT2D eigenvalue weighted by Crippen LogP contribution is 2.30. The largest absolute Gasteiger partial charge is 0.354 e. The number of piperidine rings is 1. The van der Waals surface area contributed by atoms with Crippen LogP contribution < -0.4 is 5.32 Å². The first-order chi connectivity index (χ1) is 12.4. The molecule has 2 aliphatic rings. The van der Waals surface area contributed by atoms with Crippen molar-refractivity contribution in [3.8, 4) is 0 Å². The molecule has 144 valence electrons. The fraction of sp³-hybridized carbons (Fsp3) is 0.737. The molecule has 1 N–H and O–H groups in total. The maximum atomic E-state index is 13.1. The minimum absolute atomic E-state index is 0.0257. The molecule has 2 aliphatic heterocycles. The van der Waals surface area contributed by atoms with Gasteiger partial charge in [0.1, 0.15) is 11.2 Å². The lowest BCUT2D eigenvalue weighted by Crippen LogP contribution is -2.61. The van der Waals surface area contributed by atoms with Gasteiger partial charge in [0.25, 0.3) is 5.91 Å². The van der Waals surface area contributed by atoms with Gasteiger partial charge >= 0.3 is 0 Å². The van der Waals surface area contributed by atoms with E-state index < -0.39 is 5.54 Å². The summed E-state index contributed by atoms with van der Waals surface area (Å²) in [7, 11) is 2.03. The van der Waals surface area contributed by atoms with Crippen LogP contribution in [-0.2, 0) is 11.3 Å². The van der Waals surface area contributed by atoms with Crippen molar-refractivity contribution in [1.82, 2.24) is 24.9 Å². The second kappa shape index (κ2) is 7.39. The molecule has 0 atom stereocenters. The van der Waals surface area contributed by atoms with E-state index in [9.17, 15) is 9.59 Å². The normalized spacial score (nSPS) is 21.1. The van der Waals surface area contributed by atoms with Gasteiger partial charge in [-0.25, -0.2) is 0 Å². The minimum atomic E-state index is -0.471. The Morgan fingerprint density at radius 3 is 2.62 bits per heavy atom. The molecule has 1 aromatic rings. The zero-order valence-electron chi connectivity index (χ0n) is 16.4. The topological polar surface area (TPSA) is 70.5 Å². The fourth-order valence-corrected chi connectivity index (χ4v) is 4.05. The predicted octanol–water partition coefficient (Wildman–Crippen LogP) is 1.45. The SMILES string of the molecule is CCn1nc(C(C)C)cc1C(=O)N1CCC2(CC1)C(=O)NCCCN2C. The van der Waals surface area contributed by atoms with Crippen LogP contribution in [0.25, 0.3) is 0 Å². The molecule has 0 aliphatic carbocycles. The number of rotatable bonds is 3. The lowest BCUT2D eigenvalue weighted by Gasteiger charge is -2.44. The number of carbonyl (C=O) groups excluding carboxylic acids is 2. The van der Waals surface area contributed by atoms with Gasteiger partial charge in [-0.05, 0) is 45.2 Å². The minimum Gasteiger partial charge on any atom is -0.354 e. The number of hydrogen-bond acceptors (Lipinski definition) is 4. The molecule has 0 saturated carbocycles. The monoisotopic (exact) mass is 361 g/mol. The third kappa shape index (κ3) is 3.24. The number of amides is 2. The van der Waals surface area contributed by atoms with E-state index in [2.05, 4.69) is 29.2 Å². The molecular weight excluding hydrogens is 330 g/mol. The Morgan fingerprint density at radius 1 is 1.31 bits per heavy atom. The number of carbonyl (C=O) groups is 2. The Bertz CT molecular complexity index is 673. The molecule has 7 nitrogen and oxygen atoms in total. The van der Waals surface area contributed by atoms with Crippen LogP contribution >= 0.6 is 0 Å². The average Bonchev–Trinajstić information content (AvgIpc) is 3.03. The van der Waals surface area contributed by atoms with Crippen LogP contribution in [0.1, 0.15) is 62.1 Å². The lowest BCUT2D eigenvalue weighted by atomic mass is 9.85. The molecule has 2 amide bonds. The summed E-state index contributed by atoms with van der Waals surface area (Å²) in [6.07, 6.45) is 2.33. The van der Waals surface area contributed by atoms with Gasteiger partial charge in [0.15, 0.2) is 0 Å². The van der Waals surface area contributed by atoms with E-state index in [-0.39, 0.29) is 11.8 Å². The number of nitrogens with one attached hydrogen (secondary N) is 1. The van der Waals surface area contributed by atoms with Gasteiger partial charge in [0, 0.05) is 32.7 Å². The van der Waals surface area contributed by atoms with E-state index in [1.807, 2.05) is 24.9 Å². The van der Waals surface area contributed by atoms with Gasteiger partial charge in [-0.2, -0.15) is 5.10 Å². The molecule has 3 rings (SSSR count). The van der Waals surface area contributed by atoms with Crippen LogP contribution in [0.4, 0.5) is 0 Å². The standard InChI is InChI=1S/C19H31N5O2/c1-5-24-16(13-15(21-24)14(2)3)17(25)23-11-7-19(8-12-23)18(26)20-9-6-10-22(19)4/h13-14H,5-12H2,1-4H3,(H,20,26). The van der Waals surface area contributed by atoms with Crippen LogP contribution in [0, 0.1) is 0 Å². The number of likely N-dealkylation sites (N-methyl/N-ethyl adjacent to an activating group) is 1. The summed E-state index contributed by atoms with van der Waals surface area (Å²) in [5.41, 5.74) is 1.14. The van der Waals surface area contributed by atoms with Crippen molar-refractivity contribution < 1.29 is 9.59 Å². The molecule has 3 heterocycles. The summed E-state index contributed by atoms with van der Waals surface area (Å²) < 4.78 is 1.80. The molecule has 7 heteroatoms. The Kier molecular flexibility index (Phi) is 5.37. The van der Waals surface area contributed by atoms with Crippen molar-refractivity contribution in [3.63, 3.8) is 0 Å². The first kappa shape index (κ1) is 18.9. The highest BCUT2D eigenvalue weighted by atomic mass is 16.2. The number of aryl methyl sites for hydroxylation is 1. The summed E-state index contributed by atoms with van der Waals surface area (Å²) in [6, 6.07) is 1.92. The highest BCUT2D eigenvalue weighted by Gasteiger charge is 2.46. The Hall–Kier alpha value is -1.89. The second-order valence-electron chi connectivity index (χ2n) is 7.78. The number of likely N-dealkylation sites (tertiary alicyclic amines) is 1. The van der Waals surface area contributed by atoms with E-state index in [1.165, 1.54) is 0 Å². The average molecular weight is 361 g/mol. The van der Waals surface area contributed by atoms with Gasteiger partial charge in [0.05, 0.1) is 5.69 Å². The van der Waals surface area contributed by atoms with Crippen molar-refractivity contribution in [2.45, 2.75) is 58.0 Å². The maximum Gasteiger partial charge on any atom is 0.272 e. The number of nitrogens with zero attached hydrogens (tertiary/aromatic N) is 4.